The van der Waals surface area contributed by atoms with Crippen molar-refractivity contribution in [3.63, 3.8) is 0 Å². The van der Waals surface area contributed by atoms with Gasteiger partial charge in [-0.15, -0.1) is 0 Å². The van der Waals surface area contributed by atoms with Crippen molar-refractivity contribution >= 4 is 40.2 Å². The Morgan fingerprint density at radius 1 is 1.11 bits per heavy atom. The van der Waals surface area contributed by atoms with Crippen molar-refractivity contribution < 1.29 is 23.8 Å². The van der Waals surface area contributed by atoms with Gasteiger partial charge in [0.1, 0.15) is 23.6 Å². The molecule has 0 unspecified atom stereocenters. The Bertz CT molecular complexity index is 1410. The van der Waals surface area contributed by atoms with E-state index in [0.29, 0.717) is 21.8 Å². The maximum atomic E-state index is 12.9. The van der Waals surface area contributed by atoms with Crippen molar-refractivity contribution in [3.05, 3.63) is 55.8 Å². The van der Waals surface area contributed by atoms with E-state index in [9.17, 15) is 19.2 Å². The van der Waals surface area contributed by atoms with Gasteiger partial charge in [0.25, 0.3) is 5.56 Å². The average Bonchev–Trinajstić information content (AvgIpc) is 2.76. The monoisotopic (exact) mass is 504 g/mol. The molecule has 0 spiro atoms. The summed E-state index contributed by atoms with van der Waals surface area (Å²) in [5, 5.41) is 2.97. The lowest BCUT2D eigenvalue weighted by Gasteiger charge is -2.19. The predicted octanol–water partition coefficient (Wildman–Crippen LogP) is 2.28. The third-order valence-electron chi connectivity index (χ3n) is 4.68. The summed E-state index contributed by atoms with van der Waals surface area (Å²) in [6.07, 6.45) is -0.187. The third kappa shape index (κ3) is 6.18. The van der Waals surface area contributed by atoms with E-state index in [1.165, 1.54) is 38.5 Å². The predicted molar refractivity (Wildman–Crippen MR) is 129 cm³/mol. The Labute approximate surface area is 205 Å². The number of ether oxygens (including phenoxy) is 3. The molecule has 0 aliphatic carbocycles. The molecule has 11 nitrogen and oxygen atoms in total. The summed E-state index contributed by atoms with van der Waals surface area (Å²) in [4.78, 5) is 56.8. The Morgan fingerprint density at radius 2 is 1.80 bits per heavy atom. The van der Waals surface area contributed by atoms with Gasteiger partial charge in [0, 0.05) is 6.07 Å². The van der Waals surface area contributed by atoms with E-state index in [1.807, 2.05) is 0 Å². The van der Waals surface area contributed by atoms with E-state index in [2.05, 4.69) is 15.3 Å². The minimum atomic E-state index is -0.778. The number of rotatable bonds is 7. The van der Waals surface area contributed by atoms with Crippen LogP contribution >= 0.6 is 11.6 Å². The van der Waals surface area contributed by atoms with Crippen LogP contribution < -0.4 is 26.0 Å². The van der Waals surface area contributed by atoms with E-state index in [4.69, 9.17) is 25.8 Å². The van der Waals surface area contributed by atoms with Crippen LogP contribution in [0.15, 0.2) is 33.9 Å². The molecule has 0 atom stereocenters. The summed E-state index contributed by atoms with van der Waals surface area (Å²) in [7, 11) is 2.89. The molecule has 1 aromatic carbocycles. The highest BCUT2D eigenvalue weighted by Crippen LogP contribution is 2.35. The average molecular weight is 505 g/mol. The zero-order valence-electron chi connectivity index (χ0n) is 19.9. The molecule has 0 fully saturated rings. The lowest BCUT2D eigenvalue weighted by atomic mass is 10.2. The number of aromatic nitrogens is 3. The topological polar surface area (TPSA) is 142 Å². The number of esters is 1. The van der Waals surface area contributed by atoms with Crippen LogP contribution in [0.1, 0.15) is 26.5 Å². The number of pyridine rings is 1. The summed E-state index contributed by atoms with van der Waals surface area (Å²) >= 11 is 6.14. The molecule has 0 saturated heterocycles. The van der Waals surface area contributed by atoms with Gasteiger partial charge in [-0.3, -0.25) is 14.4 Å². The molecule has 0 aliphatic rings. The minimum absolute atomic E-state index is 0.0940. The summed E-state index contributed by atoms with van der Waals surface area (Å²) in [6, 6.07) is 6.00. The molecule has 0 bridgehead atoms. The van der Waals surface area contributed by atoms with Crippen LogP contribution in [0.25, 0.3) is 11.0 Å². The summed E-state index contributed by atoms with van der Waals surface area (Å²) in [6.45, 7) is 4.44. The molecule has 186 valence electrons. The zero-order chi connectivity index (χ0) is 25.9. The van der Waals surface area contributed by atoms with Crippen molar-refractivity contribution in [1.82, 2.24) is 14.5 Å². The second-order valence-electron chi connectivity index (χ2n) is 8.52. The molecule has 2 heterocycles. The van der Waals surface area contributed by atoms with E-state index in [0.717, 1.165) is 0 Å². The number of methoxy groups -OCH3 is 2. The van der Waals surface area contributed by atoms with Gasteiger partial charge in [-0.25, -0.2) is 14.3 Å². The minimum Gasteiger partial charge on any atom is -0.495 e. The number of hydrogen-bond donors (Lipinski definition) is 2. The highest BCUT2D eigenvalue weighted by molar-refractivity contribution is 6.32. The first kappa shape index (κ1) is 25.8. The molecule has 2 aromatic heterocycles. The molecular weight excluding hydrogens is 480 g/mol. The SMILES string of the molecule is COc1cc(OC)c(NC(=O)Cc2ccc3[nH]c(=O)n(CC(=O)OC(C)(C)C)c(=O)c3n2)cc1Cl. The molecule has 12 heteroatoms. The van der Waals surface area contributed by atoms with Gasteiger partial charge in [-0.05, 0) is 39.0 Å². The van der Waals surface area contributed by atoms with Crippen molar-refractivity contribution in [2.24, 2.45) is 0 Å². The maximum Gasteiger partial charge on any atom is 0.329 e. The van der Waals surface area contributed by atoms with Crippen molar-refractivity contribution in [3.8, 4) is 11.5 Å². The molecule has 3 aromatic rings. The standard InChI is InChI=1S/C23H25ClN4O7/c1-23(2,3)35-19(30)11-28-21(31)20-14(27-22(28)32)7-6-12(25-20)8-18(29)26-15-9-13(24)16(33-4)10-17(15)34-5/h6-7,9-10H,8,11H2,1-5H3,(H,26,29)(H,27,32). The van der Waals surface area contributed by atoms with Crippen molar-refractivity contribution in [2.45, 2.75) is 39.3 Å². The lowest BCUT2D eigenvalue weighted by molar-refractivity contribution is -0.155. The second-order valence-corrected chi connectivity index (χ2v) is 8.93. The molecule has 3 rings (SSSR count). The Morgan fingerprint density at radius 3 is 2.43 bits per heavy atom. The molecule has 0 saturated carbocycles. The number of carbonyl (C=O) groups excluding carboxylic acids is 2. The first-order valence-electron chi connectivity index (χ1n) is 10.5. The number of halogens is 1. The molecule has 35 heavy (non-hydrogen) atoms. The fourth-order valence-electron chi connectivity index (χ4n) is 3.23. The fraction of sp³-hybridized carbons (Fsp3) is 0.348. The lowest BCUT2D eigenvalue weighted by Crippen LogP contribution is -2.39. The number of nitrogens with one attached hydrogen (secondary N) is 2. The number of carbonyl (C=O) groups is 2. The van der Waals surface area contributed by atoms with Gasteiger partial charge in [-0.2, -0.15) is 0 Å². The van der Waals surface area contributed by atoms with Crippen LogP contribution in [0.3, 0.4) is 0 Å². The van der Waals surface area contributed by atoms with Gasteiger partial charge in [0.05, 0.1) is 42.6 Å². The van der Waals surface area contributed by atoms with E-state index in [1.54, 1.807) is 20.8 Å². The Hall–Kier alpha value is -3.86. The van der Waals surface area contributed by atoms with Crippen LogP contribution in [-0.2, 0) is 27.3 Å². The van der Waals surface area contributed by atoms with Crippen LogP contribution in [0.4, 0.5) is 5.69 Å². The van der Waals surface area contributed by atoms with Crippen LogP contribution in [0.5, 0.6) is 11.5 Å². The number of amides is 1. The van der Waals surface area contributed by atoms with Crippen LogP contribution in [-0.4, -0.2) is 46.2 Å². The fourth-order valence-corrected chi connectivity index (χ4v) is 3.47. The zero-order valence-corrected chi connectivity index (χ0v) is 20.6. The number of hydrogen-bond acceptors (Lipinski definition) is 8. The highest BCUT2D eigenvalue weighted by atomic mass is 35.5. The van der Waals surface area contributed by atoms with Crippen LogP contribution in [0.2, 0.25) is 5.02 Å². The van der Waals surface area contributed by atoms with Crippen LogP contribution in [0, 0.1) is 0 Å². The Kier molecular flexibility index (Phi) is 7.49. The Balaban J connectivity index is 1.86. The second kappa shape index (κ2) is 10.2. The summed E-state index contributed by atoms with van der Waals surface area (Å²) in [5.74, 6) is -0.468. The van der Waals surface area contributed by atoms with Gasteiger partial charge in [0.15, 0.2) is 5.52 Å². The van der Waals surface area contributed by atoms with Gasteiger partial charge < -0.3 is 24.5 Å². The largest absolute Gasteiger partial charge is 0.495 e. The number of benzene rings is 1. The van der Waals surface area contributed by atoms with E-state index >= 15 is 0 Å². The molecule has 0 radical (unpaired) electrons. The summed E-state index contributed by atoms with van der Waals surface area (Å²) < 4.78 is 16.3. The number of anilines is 1. The third-order valence-corrected chi connectivity index (χ3v) is 4.98. The van der Waals surface area contributed by atoms with E-state index in [-0.39, 0.29) is 28.2 Å². The number of aromatic amines is 1. The van der Waals surface area contributed by atoms with E-state index < -0.39 is 35.3 Å². The number of H-pyrrole nitrogens is 1. The normalized spacial score (nSPS) is 11.3. The molecule has 2 N–H and O–H groups in total. The number of nitrogens with zero attached hydrogens (tertiary/aromatic N) is 2. The maximum absolute atomic E-state index is 12.9. The van der Waals surface area contributed by atoms with Crippen molar-refractivity contribution in [2.75, 3.05) is 19.5 Å². The smallest absolute Gasteiger partial charge is 0.329 e. The van der Waals surface area contributed by atoms with Gasteiger partial charge >= 0.3 is 11.7 Å². The molecular formula is C23H25ClN4O7. The van der Waals surface area contributed by atoms with Crippen molar-refractivity contribution in [1.29, 1.82) is 0 Å². The molecule has 0 aliphatic heterocycles. The number of fused-ring (bicyclic) bond motifs is 1. The highest BCUT2D eigenvalue weighted by Gasteiger charge is 2.20. The van der Waals surface area contributed by atoms with Gasteiger partial charge in [0.2, 0.25) is 5.91 Å². The first-order chi connectivity index (χ1) is 16.4. The summed E-state index contributed by atoms with van der Waals surface area (Å²) in [5.41, 5.74) is -1.66. The quantitative estimate of drug-likeness (QED) is 0.467. The first-order valence-corrected chi connectivity index (χ1v) is 10.9. The molecule has 1 amide bonds. The van der Waals surface area contributed by atoms with Gasteiger partial charge in [-0.1, -0.05) is 11.6 Å².